The van der Waals surface area contributed by atoms with Gasteiger partial charge >= 0.3 is 0 Å². The minimum Gasteiger partial charge on any atom is -0.387 e. The van der Waals surface area contributed by atoms with Gasteiger partial charge < -0.3 is 10.0 Å². The predicted octanol–water partition coefficient (Wildman–Crippen LogP) is 2.64. The highest BCUT2D eigenvalue weighted by atomic mass is 16.3. The van der Waals surface area contributed by atoms with Gasteiger partial charge in [0, 0.05) is 12.7 Å². The maximum atomic E-state index is 10.4. The number of aliphatic hydroxyl groups is 1. The van der Waals surface area contributed by atoms with E-state index in [2.05, 4.69) is 23.8 Å². The van der Waals surface area contributed by atoms with Crippen LogP contribution in [0, 0.1) is 0 Å². The van der Waals surface area contributed by atoms with Crippen molar-refractivity contribution in [2.75, 3.05) is 19.6 Å². The Morgan fingerprint density at radius 2 is 1.85 bits per heavy atom. The van der Waals surface area contributed by atoms with Gasteiger partial charge in [0.2, 0.25) is 0 Å². The third-order valence-corrected chi connectivity index (χ3v) is 3.63. The van der Waals surface area contributed by atoms with Crippen LogP contribution < -0.4 is 0 Å². The van der Waals surface area contributed by atoms with E-state index in [-0.39, 0.29) is 0 Å². The number of aliphatic hydroxyl groups excluding tert-OH is 1. The Balaban J connectivity index is 2.08. The van der Waals surface area contributed by atoms with Crippen LogP contribution >= 0.6 is 0 Å². The van der Waals surface area contributed by atoms with Crippen LogP contribution in [0.25, 0.3) is 5.69 Å². The molecule has 20 heavy (non-hydrogen) atoms. The summed E-state index contributed by atoms with van der Waals surface area (Å²) >= 11 is 0. The van der Waals surface area contributed by atoms with Gasteiger partial charge in [-0.3, -0.25) is 0 Å². The molecular weight excluding hydrogens is 250 g/mol. The molecule has 0 aliphatic carbocycles. The summed E-state index contributed by atoms with van der Waals surface area (Å²) in [7, 11) is 0. The van der Waals surface area contributed by atoms with Gasteiger partial charge in [-0.1, -0.05) is 32.0 Å². The van der Waals surface area contributed by atoms with E-state index in [1.807, 2.05) is 41.1 Å². The van der Waals surface area contributed by atoms with E-state index in [0.717, 1.165) is 37.4 Å². The lowest BCUT2D eigenvalue weighted by atomic mass is 10.1. The fourth-order valence-corrected chi connectivity index (χ4v) is 2.34. The molecular formula is C16H23N3O. The highest BCUT2D eigenvalue weighted by molar-refractivity contribution is 5.32. The summed E-state index contributed by atoms with van der Waals surface area (Å²) in [6.45, 7) is 7.21. The zero-order valence-electron chi connectivity index (χ0n) is 12.2. The van der Waals surface area contributed by atoms with Crippen molar-refractivity contribution in [1.29, 1.82) is 0 Å². The summed E-state index contributed by atoms with van der Waals surface area (Å²) in [4.78, 5) is 2.31. The largest absolute Gasteiger partial charge is 0.387 e. The Morgan fingerprint density at radius 1 is 1.15 bits per heavy atom. The first-order chi connectivity index (χ1) is 9.76. The third-order valence-electron chi connectivity index (χ3n) is 3.63. The Hall–Kier alpha value is -1.65. The zero-order chi connectivity index (χ0) is 14.4. The topological polar surface area (TPSA) is 41.3 Å². The van der Waals surface area contributed by atoms with Crippen LogP contribution in [0.5, 0.6) is 0 Å². The minimum absolute atomic E-state index is 0.488. The first kappa shape index (κ1) is 14.8. The maximum Gasteiger partial charge on any atom is 0.0973 e. The van der Waals surface area contributed by atoms with Crippen LogP contribution in [0.4, 0.5) is 0 Å². The summed E-state index contributed by atoms with van der Waals surface area (Å²) in [5.74, 6) is 0. The molecule has 4 nitrogen and oxygen atoms in total. The molecule has 0 saturated heterocycles. The van der Waals surface area contributed by atoms with E-state index in [9.17, 15) is 5.11 Å². The van der Waals surface area contributed by atoms with Crippen LogP contribution in [0.15, 0.2) is 42.6 Å². The highest BCUT2D eigenvalue weighted by Crippen LogP contribution is 2.20. The van der Waals surface area contributed by atoms with Crippen LogP contribution in [-0.2, 0) is 0 Å². The molecule has 0 bridgehead atoms. The molecule has 4 heteroatoms. The molecule has 1 aromatic carbocycles. The molecule has 1 unspecified atom stereocenters. The molecule has 2 rings (SSSR count). The lowest BCUT2D eigenvalue weighted by Crippen LogP contribution is -2.25. The van der Waals surface area contributed by atoms with E-state index in [1.165, 1.54) is 0 Å². The summed E-state index contributed by atoms with van der Waals surface area (Å²) in [6, 6.07) is 11.8. The standard InChI is InChI=1S/C16H23N3O/c1-3-18(4-2)13-11-16(20)15-10-12-17-19(15)14-8-6-5-7-9-14/h5-10,12,16,20H,3-4,11,13H2,1-2H3. The number of hydrogen-bond acceptors (Lipinski definition) is 3. The van der Waals surface area contributed by atoms with Gasteiger partial charge in [-0.15, -0.1) is 0 Å². The van der Waals surface area contributed by atoms with Crippen LogP contribution in [-0.4, -0.2) is 39.4 Å². The van der Waals surface area contributed by atoms with Crippen molar-refractivity contribution in [1.82, 2.24) is 14.7 Å². The molecule has 1 atom stereocenters. The van der Waals surface area contributed by atoms with Gasteiger partial charge in [0.25, 0.3) is 0 Å². The number of aromatic nitrogens is 2. The van der Waals surface area contributed by atoms with Crippen molar-refractivity contribution in [3.05, 3.63) is 48.3 Å². The van der Waals surface area contributed by atoms with Crippen molar-refractivity contribution in [2.45, 2.75) is 26.4 Å². The molecule has 0 saturated carbocycles. The molecule has 1 aromatic heterocycles. The predicted molar refractivity (Wildman–Crippen MR) is 80.9 cm³/mol. The van der Waals surface area contributed by atoms with E-state index in [0.29, 0.717) is 0 Å². The summed E-state index contributed by atoms with van der Waals surface area (Å²) in [5, 5.41) is 14.7. The molecule has 1 heterocycles. The van der Waals surface area contributed by atoms with Crippen molar-refractivity contribution in [2.24, 2.45) is 0 Å². The van der Waals surface area contributed by atoms with Crippen molar-refractivity contribution >= 4 is 0 Å². The molecule has 0 fully saturated rings. The lowest BCUT2D eigenvalue weighted by molar-refractivity contribution is 0.139. The van der Waals surface area contributed by atoms with E-state index in [4.69, 9.17) is 0 Å². The fraction of sp³-hybridized carbons (Fsp3) is 0.438. The first-order valence-corrected chi connectivity index (χ1v) is 7.26. The second-order valence-corrected chi connectivity index (χ2v) is 4.83. The molecule has 0 amide bonds. The second-order valence-electron chi connectivity index (χ2n) is 4.83. The fourth-order valence-electron chi connectivity index (χ4n) is 2.34. The summed E-state index contributed by atoms with van der Waals surface area (Å²) in [6.07, 6.45) is 1.97. The number of rotatable bonds is 7. The van der Waals surface area contributed by atoms with E-state index in [1.54, 1.807) is 6.20 Å². The average Bonchev–Trinajstić information content (AvgIpc) is 2.98. The number of nitrogens with zero attached hydrogens (tertiary/aromatic N) is 3. The van der Waals surface area contributed by atoms with Crippen molar-refractivity contribution in [3.63, 3.8) is 0 Å². The molecule has 108 valence electrons. The van der Waals surface area contributed by atoms with E-state index < -0.39 is 6.10 Å². The smallest absolute Gasteiger partial charge is 0.0973 e. The van der Waals surface area contributed by atoms with Gasteiger partial charge in [-0.2, -0.15) is 5.10 Å². The Bertz CT molecular complexity index is 505. The molecule has 0 aliphatic heterocycles. The molecule has 0 spiro atoms. The monoisotopic (exact) mass is 273 g/mol. The summed E-state index contributed by atoms with van der Waals surface area (Å²) in [5.41, 5.74) is 1.83. The normalized spacial score (nSPS) is 12.8. The SMILES string of the molecule is CCN(CC)CCC(O)c1ccnn1-c1ccccc1. The van der Waals surface area contributed by atoms with Crippen molar-refractivity contribution < 1.29 is 5.11 Å². The number of para-hydroxylation sites is 1. The van der Waals surface area contributed by atoms with Crippen LogP contribution in [0.2, 0.25) is 0 Å². The molecule has 2 aromatic rings. The third kappa shape index (κ3) is 3.46. The zero-order valence-corrected chi connectivity index (χ0v) is 12.2. The average molecular weight is 273 g/mol. The maximum absolute atomic E-state index is 10.4. The highest BCUT2D eigenvalue weighted by Gasteiger charge is 2.15. The number of hydrogen-bond donors (Lipinski definition) is 1. The van der Waals surface area contributed by atoms with Gasteiger partial charge in [0.15, 0.2) is 0 Å². The minimum atomic E-state index is -0.488. The quantitative estimate of drug-likeness (QED) is 0.843. The van der Waals surface area contributed by atoms with Gasteiger partial charge in [-0.05, 0) is 37.7 Å². The van der Waals surface area contributed by atoms with Gasteiger partial charge in [0.05, 0.1) is 17.5 Å². The number of benzene rings is 1. The molecule has 0 aliphatic rings. The second kappa shape index (κ2) is 7.22. The Labute approximate surface area is 120 Å². The Kier molecular flexibility index (Phi) is 5.32. The van der Waals surface area contributed by atoms with E-state index >= 15 is 0 Å². The molecule has 0 radical (unpaired) electrons. The van der Waals surface area contributed by atoms with Crippen molar-refractivity contribution in [3.8, 4) is 5.69 Å². The Morgan fingerprint density at radius 3 is 2.50 bits per heavy atom. The van der Waals surface area contributed by atoms with Crippen LogP contribution in [0.3, 0.4) is 0 Å². The van der Waals surface area contributed by atoms with Crippen LogP contribution in [0.1, 0.15) is 32.1 Å². The van der Waals surface area contributed by atoms with Gasteiger partial charge in [0.1, 0.15) is 0 Å². The first-order valence-electron chi connectivity index (χ1n) is 7.26. The lowest BCUT2D eigenvalue weighted by Gasteiger charge is -2.20. The van der Waals surface area contributed by atoms with Gasteiger partial charge in [-0.25, -0.2) is 4.68 Å². The molecule has 1 N–H and O–H groups in total. The summed E-state index contributed by atoms with van der Waals surface area (Å²) < 4.78 is 1.81.